The molecule has 0 atom stereocenters. The molecule has 2 rings (SSSR count). The number of nitrogen functional groups attached to an aromatic ring is 1. The van der Waals surface area contributed by atoms with E-state index in [9.17, 15) is 0 Å². The maximum atomic E-state index is 5.93. The minimum atomic E-state index is 0.152. The minimum Gasteiger partial charge on any atom is -0.424 e. The molecule has 0 aliphatic heterocycles. The van der Waals surface area contributed by atoms with E-state index in [-0.39, 0.29) is 6.01 Å². The van der Waals surface area contributed by atoms with Gasteiger partial charge in [0.05, 0.1) is 11.2 Å². The fourth-order valence-electron chi connectivity index (χ4n) is 1.07. The number of benzene rings is 1. The molecule has 0 unspecified atom stereocenters. The van der Waals surface area contributed by atoms with Crippen LogP contribution < -0.4 is 5.73 Å². The van der Waals surface area contributed by atoms with Crippen molar-refractivity contribution in [1.29, 1.82) is 0 Å². The molecule has 72 valence electrons. The summed E-state index contributed by atoms with van der Waals surface area (Å²) in [5.41, 5.74) is 6.21. The minimum absolute atomic E-state index is 0.152. The Morgan fingerprint density at radius 2 is 2.21 bits per heavy atom. The average molecular weight is 274 g/mol. The van der Waals surface area contributed by atoms with Crippen molar-refractivity contribution in [2.45, 2.75) is 0 Å². The van der Waals surface area contributed by atoms with E-state index < -0.39 is 0 Å². The lowest BCUT2D eigenvalue weighted by molar-refractivity contribution is 0.595. The number of anilines is 1. The highest BCUT2D eigenvalue weighted by molar-refractivity contribution is 9.10. The van der Waals surface area contributed by atoms with E-state index in [1.54, 1.807) is 12.3 Å². The van der Waals surface area contributed by atoms with Crippen LogP contribution in [-0.2, 0) is 0 Å². The van der Waals surface area contributed by atoms with Gasteiger partial charge >= 0.3 is 0 Å². The molecule has 0 saturated heterocycles. The van der Waals surface area contributed by atoms with Crippen molar-refractivity contribution in [2.75, 3.05) is 5.73 Å². The van der Waals surface area contributed by atoms with E-state index in [1.165, 1.54) is 0 Å². The van der Waals surface area contributed by atoms with Crippen molar-refractivity contribution in [1.82, 2.24) is 4.98 Å². The van der Waals surface area contributed by atoms with Gasteiger partial charge < -0.3 is 10.2 Å². The number of rotatable bonds is 1. The van der Waals surface area contributed by atoms with Crippen molar-refractivity contribution < 1.29 is 4.42 Å². The molecule has 0 amide bonds. The second kappa shape index (κ2) is 3.63. The van der Waals surface area contributed by atoms with E-state index in [1.807, 2.05) is 12.1 Å². The van der Waals surface area contributed by atoms with Crippen molar-refractivity contribution in [3.63, 3.8) is 0 Å². The van der Waals surface area contributed by atoms with Crippen LogP contribution in [0.15, 0.2) is 33.3 Å². The van der Waals surface area contributed by atoms with Gasteiger partial charge in [0.15, 0.2) is 5.76 Å². The third kappa shape index (κ3) is 1.76. The molecule has 3 nitrogen and oxygen atoms in total. The van der Waals surface area contributed by atoms with Crippen LogP contribution in [0.1, 0.15) is 0 Å². The van der Waals surface area contributed by atoms with Gasteiger partial charge in [-0.2, -0.15) is 0 Å². The molecule has 1 aromatic heterocycles. The van der Waals surface area contributed by atoms with Crippen LogP contribution in [0.25, 0.3) is 11.3 Å². The predicted octanol–water partition coefficient (Wildman–Crippen LogP) is 3.34. The predicted molar refractivity (Wildman–Crippen MR) is 59.1 cm³/mol. The van der Waals surface area contributed by atoms with Crippen LogP contribution in [0.2, 0.25) is 5.02 Å². The van der Waals surface area contributed by atoms with Crippen molar-refractivity contribution >= 4 is 33.5 Å². The maximum absolute atomic E-state index is 5.93. The zero-order chi connectivity index (χ0) is 10.1. The molecular formula is C9H6BrClN2O. The number of hydrogen-bond acceptors (Lipinski definition) is 3. The number of oxazole rings is 1. The molecule has 0 fully saturated rings. The number of nitrogens with zero attached hydrogens (tertiary/aromatic N) is 1. The van der Waals surface area contributed by atoms with Crippen molar-refractivity contribution in [3.8, 4) is 11.3 Å². The molecule has 0 radical (unpaired) electrons. The van der Waals surface area contributed by atoms with Crippen LogP contribution in [0.4, 0.5) is 6.01 Å². The van der Waals surface area contributed by atoms with Crippen molar-refractivity contribution in [2.24, 2.45) is 0 Å². The zero-order valence-corrected chi connectivity index (χ0v) is 9.34. The topological polar surface area (TPSA) is 52.0 Å². The fraction of sp³-hybridized carbons (Fsp3) is 0. The fourth-order valence-corrected chi connectivity index (χ4v) is 1.50. The number of aromatic nitrogens is 1. The van der Waals surface area contributed by atoms with Gasteiger partial charge in [0, 0.05) is 10.0 Å². The van der Waals surface area contributed by atoms with E-state index in [4.69, 9.17) is 21.8 Å². The Morgan fingerprint density at radius 3 is 2.79 bits per heavy atom. The molecule has 0 spiro atoms. The van der Waals surface area contributed by atoms with Crippen LogP contribution in [0, 0.1) is 0 Å². The number of hydrogen-bond donors (Lipinski definition) is 1. The second-order valence-electron chi connectivity index (χ2n) is 2.69. The largest absolute Gasteiger partial charge is 0.424 e. The molecule has 2 aromatic rings. The number of halogens is 2. The standard InChI is InChI=1S/C9H6BrClN2O/c10-6-2-1-5(3-7(6)11)8-4-13-9(12)14-8/h1-4H,(H2,12,13). The van der Waals surface area contributed by atoms with Crippen molar-refractivity contribution in [3.05, 3.63) is 33.9 Å². The summed E-state index contributed by atoms with van der Waals surface area (Å²) in [5.74, 6) is 0.608. The summed E-state index contributed by atoms with van der Waals surface area (Å²) in [7, 11) is 0. The summed E-state index contributed by atoms with van der Waals surface area (Å²) < 4.78 is 6.00. The molecule has 0 aliphatic rings. The van der Waals surface area contributed by atoms with E-state index in [0.29, 0.717) is 10.8 Å². The van der Waals surface area contributed by atoms with Gasteiger partial charge in [-0.25, -0.2) is 4.98 Å². The Bertz CT molecular complexity index is 470. The number of nitrogens with two attached hydrogens (primary N) is 1. The van der Waals surface area contributed by atoms with Gasteiger partial charge in [-0.1, -0.05) is 11.6 Å². The molecular weight excluding hydrogens is 267 g/mol. The van der Waals surface area contributed by atoms with Gasteiger partial charge in [-0.15, -0.1) is 0 Å². The first kappa shape index (κ1) is 9.55. The lowest BCUT2D eigenvalue weighted by Gasteiger charge is -1.98. The normalized spacial score (nSPS) is 10.4. The molecule has 0 aliphatic carbocycles. The van der Waals surface area contributed by atoms with E-state index >= 15 is 0 Å². The SMILES string of the molecule is Nc1ncc(-c2ccc(Br)c(Cl)c2)o1. The summed E-state index contributed by atoms with van der Waals surface area (Å²) in [4.78, 5) is 3.80. The molecule has 14 heavy (non-hydrogen) atoms. The quantitative estimate of drug-likeness (QED) is 0.867. The first-order valence-electron chi connectivity index (χ1n) is 3.83. The van der Waals surface area contributed by atoms with Gasteiger partial charge in [0.25, 0.3) is 6.01 Å². The summed E-state index contributed by atoms with van der Waals surface area (Å²) in [6, 6.07) is 5.65. The smallest absolute Gasteiger partial charge is 0.292 e. The molecule has 0 saturated carbocycles. The molecule has 5 heteroatoms. The van der Waals surface area contributed by atoms with Gasteiger partial charge in [-0.3, -0.25) is 0 Å². The monoisotopic (exact) mass is 272 g/mol. The maximum Gasteiger partial charge on any atom is 0.292 e. The van der Waals surface area contributed by atoms with Gasteiger partial charge in [0.2, 0.25) is 0 Å². The third-order valence-electron chi connectivity index (χ3n) is 1.73. The summed E-state index contributed by atoms with van der Waals surface area (Å²) in [5, 5.41) is 0.623. The summed E-state index contributed by atoms with van der Waals surface area (Å²) >= 11 is 9.23. The summed E-state index contributed by atoms with van der Waals surface area (Å²) in [6.07, 6.45) is 1.56. The Balaban J connectivity index is 2.47. The highest BCUT2D eigenvalue weighted by Gasteiger charge is 2.05. The van der Waals surface area contributed by atoms with Crippen LogP contribution in [0.5, 0.6) is 0 Å². The molecule has 1 heterocycles. The highest BCUT2D eigenvalue weighted by Crippen LogP contribution is 2.29. The van der Waals surface area contributed by atoms with E-state index in [0.717, 1.165) is 10.0 Å². The Morgan fingerprint density at radius 1 is 1.43 bits per heavy atom. The van der Waals surface area contributed by atoms with Crippen LogP contribution >= 0.6 is 27.5 Å². The Hall–Kier alpha value is -1.00. The van der Waals surface area contributed by atoms with E-state index in [2.05, 4.69) is 20.9 Å². The first-order valence-corrected chi connectivity index (χ1v) is 5.00. The zero-order valence-electron chi connectivity index (χ0n) is 7.00. The molecule has 2 N–H and O–H groups in total. The average Bonchev–Trinajstić information content (AvgIpc) is 2.57. The first-order chi connectivity index (χ1) is 6.66. The van der Waals surface area contributed by atoms with Gasteiger partial charge in [0.1, 0.15) is 0 Å². The lowest BCUT2D eigenvalue weighted by Crippen LogP contribution is -1.80. The Kier molecular flexibility index (Phi) is 2.48. The highest BCUT2D eigenvalue weighted by atomic mass is 79.9. The van der Waals surface area contributed by atoms with Crippen LogP contribution in [-0.4, -0.2) is 4.98 Å². The third-order valence-corrected chi connectivity index (χ3v) is 2.96. The molecule has 1 aromatic carbocycles. The molecule has 0 bridgehead atoms. The summed E-state index contributed by atoms with van der Waals surface area (Å²) in [6.45, 7) is 0. The lowest BCUT2D eigenvalue weighted by atomic mass is 10.2. The van der Waals surface area contributed by atoms with Gasteiger partial charge in [-0.05, 0) is 34.1 Å². The Labute approximate surface area is 94.0 Å². The van der Waals surface area contributed by atoms with Crippen LogP contribution in [0.3, 0.4) is 0 Å². The second-order valence-corrected chi connectivity index (χ2v) is 3.95.